The van der Waals surface area contributed by atoms with Crippen LogP contribution in [0.15, 0.2) is 53.3 Å². The number of hydrogen-bond donors (Lipinski definition) is 2. The number of carbonyl (C=O) groups excluding carboxylic acids is 1. The van der Waals surface area contributed by atoms with E-state index in [0.29, 0.717) is 19.6 Å². The molecule has 1 aromatic carbocycles. The molecule has 1 amide bonds. The molecular weight excluding hydrogens is 428 g/mol. The Bertz CT molecular complexity index is 926. The second-order valence-electron chi connectivity index (χ2n) is 7.86. The molecular formula is C24H30N2O5S. The van der Waals surface area contributed by atoms with Crippen molar-refractivity contribution in [2.45, 2.75) is 57.5 Å². The molecule has 0 bridgehead atoms. The third kappa shape index (κ3) is 6.56. The molecule has 0 saturated heterocycles. The van der Waals surface area contributed by atoms with Crippen molar-refractivity contribution in [2.24, 2.45) is 0 Å². The van der Waals surface area contributed by atoms with Crippen molar-refractivity contribution >= 4 is 28.5 Å². The molecule has 1 aliphatic heterocycles. The molecule has 1 aromatic heterocycles. The molecule has 32 heavy (non-hydrogen) atoms. The van der Waals surface area contributed by atoms with Crippen LogP contribution in [0.1, 0.15) is 50.9 Å². The first-order valence-corrected chi connectivity index (χ1v) is 11.7. The largest absolute Gasteiger partial charge is 0.493 e. The van der Waals surface area contributed by atoms with Gasteiger partial charge in [-0.3, -0.25) is 9.59 Å². The molecule has 8 heteroatoms. The zero-order valence-electron chi connectivity index (χ0n) is 18.5. The first kappa shape index (κ1) is 23.8. The maximum absolute atomic E-state index is 13.0. The van der Waals surface area contributed by atoms with Crippen LogP contribution in [0.3, 0.4) is 0 Å². The number of ether oxygens (including phenoxy) is 1. The summed E-state index contributed by atoms with van der Waals surface area (Å²) < 4.78 is 11.4. The summed E-state index contributed by atoms with van der Waals surface area (Å²) in [5.74, 6) is 0.665. The topological polar surface area (TPSA) is 92.0 Å². The van der Waals surface area contributed by atoms with Gasteiger partial charge in [0.1, 0.15) is 11.5 Å². The van der Waals surface area contributed by atoms with Gasteiger partial charge < -0.3 is 24.5 Å². The Hall–Kier alpha value is -2.87. The van der Waals surface area contributed by atoms with Gasteiger partial charge in [-0.2, -0.15) is 0 Å². The van der Waals surface area contributed by atoms with Gasteiger partial charge in [-0.15, -0.1) is 0 Å². The number of aliphatic carboxylic acids is 1. The van der Waals surface area contributed by atoms with E-state index in [0.717, 1.165) is 34.8 Å². The summed E-state index contributed by atoms with van der Waals surface area (Å²) in [6, 6.07) is 11.6. The van der Waals surface area contributed by atoms with Crippen LogP contribution in [0.2, 0.25) is 0 Å². The molecule has 0 spiro atoms. The average Bonchev–Trinajstić information content (AvgIpc) is 3.45. The fraction of sp³-hybridized carbons (Fsp3) is 0.417. The predicted molar refractivity (Wildman–Crippen MR) is 125 cm³/mol. The molecule has 0 fully saturated rings. The van der Waals surface area contributed by atoms with E-state index in [2.05, 4.69) is 19.2 Å². The number of amides is 1. The minimum absolute atomic E-state index is 0.0648. The van der Waals surface area contributed by atoms with E-state index < -0.39 is 5.97 Å². The standard InChI is InChI=1S/C24H30N2O5S/c1-17(2)26-16-21(20-11-8-14-31-20)32-24(26)23(29)25-15-18-9-5-6-10-19(18)30-13-7-3-4-12-22(27)28/h5-6,8-11,14,16-17,24H,3-4,7,12-13,15H2,1-2H3,(H,25,29)(H,27,28). The number of thioether (sulfide) groups is 1. The van der Waals surface area contributed by atoms with Crippen molar-refractivity contribution < 1.29 is 23.8 Å². The number of hydrogen-bond acceptors (Lipinski definition) is 6. The average molecular weight is 459 g/mol. The van der Waals surface area contributed by atoms with Gasteiger partial charge in [0, 0.05) is 30.8 Å². The molecule has 1 unspecified atom stereocenters. The van der Waals surface area contributed by atoms with Crippen molar-refractivity contribution in [3.8, 4) is 5.75 Å². The van der Waals surface area contributed by atoms with Crippen molar-refractivity contribution in [2.75, 3.05) is 6.61 Å². The fourth-order valence-electron chi connectivity index (χ4n) is 3.36. The van der Waals surface area contributed by atoms with Crippen LogP contribution >= 0.6 is 11.8 Å². The van der Waals surface area contributed by atoms with E-state index in [1.165, 1.54) is 11.8 Å². The SMILES string of the molecule is CC(C)N1C=C(c2ccco2)SC1C(=O)NCc1ccccc1OCCCCCC(=O)O. The summed E-state index contributed by atoms with van der Waals surface area (Å²) >= 11 is 1.48. The van der Waals surface area contributed by atoms with E-state index in [1.54, 1.807) is 6.26 Å². The van der Waals surface area contributed by atoms with Crippen molar-refractivity contribution in [3.63, 3.8) is 0 Å². The van der Waals surface area contributed by atoms with Gasteiger partial charge in [0.25, 0.3) is 5.91 Å². The summed E-state index contributed by atoms with van der Waals surface area (Å²) in [5, 5.41) is 11.4. The molecule has 3 rings (SSSR count). The number of nitrogens with one attached hydrogen (secondary N) is 1. The molecule has 0 aliphatic carbocycles. The summed E-state index contributed by atoms with van der Waals surface area (Å²) in [7, 11) is 0. The molecule has 172 valence electrons. The number of carbonyl (C=O) groups is 2. The van der Waals surface area contributed by atoms with Crippen molar-refractivity contribution in [1.82, 2.24) is 10.2 Å². The van der Waals surface area contributed by atoms with Gasteiger partial charge in [-0.25, -0.2) is 0 Å². The minimum atomic E-state index is -0.769. The van der Waals surface area contributed by atoms with Gasteiger partial charge in [-0.05, 0) is 51.3 Å². The maximum atomic E-state index is 13.0. The number of rotatable bonds is 12. The summed E-state index contributed by atoms with van der Waals surface area (Å²) in [6.45, 7) is 5.00. The lowest BCUT2D eigenvalue weighted by molar-refractivity contribution is -0.137. The highest BCUT2D eigenvalue weighted by Gasteiger charge is 2.34. The zero-order chi connectivity index (χ0) is 22.9. The Morgan fingerprint density at radius 1 is 1.19 bits per heavy atom. The Labute approximate surface area is 192 Å². The number of para-hydroxylation sites is 1. The third-order valence-corrected chi connectivity index (χ3v) is 6.32. The molecule has 2 N–H and O–H groups in total. The predicted octanol–water partition coefficient (Wildman–Crippen LogP) is 4.70. The highest BCUT2D eigenvalue weighted by Crippen LogP contribution is 2.40. The van der Waals surface area contributed by atoms with E-state index in [1.807, 2.05) is 47.5 Å². The number of carboxylic acids is 1. The second kappa shape index (κ2) is 11.7. The lowest BCUT2D eigenvalue weighted by Crippen LogP contribution is -2.43. The Balaban J connectivity index is 1.53. The quantitative estimate of drug-likeness (QED) is 0.445. The number of nitrogens with zero attached hydrogens (tertiary/aromatic N) is 1. The summed E-state index contributed by atoms with van der Waals surface area (Å²) in [4.78, 5) is 26.6. The third-order valence-electron chi connectivity index (χ3n) is 5.08. The van der Waals surface area contributed by atoms with Crippen LogP contribution in [-0.4, -0.2) is 39.9 Å². The number of benzene rings is 1. The number of carboxylic acid groups (broad SMARTS) is 1. The molecule has 0 radical (unpaired) electrons. The number of unbranched alkanes of at least 4 members (excludes halogenated alkanes) is 2. The Kier molecular flexibility index (Phi) is 8.67. The maximum Gasteiger partial charge on any atom is 0.303 e. The van der Waals surface area contributed by atoms with Crippen LogP contribution in [0.4, 0.5) is 0 Å². The van der Waals surface area contributed by atoms with Gasteiger partial charge >= 0.3 is 5.97 Å². The van der Waals surface area contributed by atoms with Crippen molar-refractivity contribution in [1.29, 1.82) is 0 Å². The van der Waals surface area contributed by atoms with Crippen LogP contribution in [0.25, 0.3) is 4.91 Å². The minimum Gasteiger partial charge on any atom is -0.493 e. The van der Waals surface area contributed by atoms with E-state index in [9.17, 15) is 9.59 Å². The first-order valence-electron chi connectivity index (χ1n) is 10.9. The summed E-state index contributed by atoms with van der Waals surface area (Å²) in [5.41, 5.74) is 0.907. The van der Waals surface area contributed by atoms with Gasteiger partial charge in [-0.1, -0.05) is 30.0 Å². The van der Waals surface area contributed by atoms with Gasteiger partial charge in [0.05, 0.1) is 17.8 Å². The van der Waals surface area contributed by atoms with Gasteiger partial charge in [0.15, 0.2) is 5.37 Å². The molecule has 0 saturated carbocycles. The van der Waals surface area contributed by atoms with Crippen LogP contribution in [0.5, 0.6) is 5.75 Å². The van der Waals surface area contributed by atoms with E-state index in [4.69, 9.17) is 14.3 Å². The van der Waals surface area contributed by atoms with Crippen LogP contribution in [0, 0.1) is 0 Å². The summed E-state index contributed by atoms with van der Waals surface area (Å²) in [6.07, 6.45) is 6.05. The normalized spacial score (nSPS) is 15.7. The van der Waals surface area contributed by atoms with E-state index >= 15 is 0 Å². The van der Waals surface area contributed by atoms with Crippen molar-refractivity contribution in [3.05, 3.63) is 60.2 Å². The van der Waals surface area contributed by atoms with Crippen LogP contribution < -0.4 is 10.1 Å². The lowest BCUT2D eigenvalue weighted by atomic mass is 10.2. The Morgan fingerprint density at radius 3 is 2.72 bits per heavy atom. The molecule has 2 aromatic rings. The zero-order valence-corrected chi connectivity index (χ0v) is 19.3. The highest BCUT2D eigenvalue weighted by atomic mass is 32.2. The smallest absolute Gasteiger partial charge is 0.303 e. The van der Waals surface area contributed by atoms with Gasteiger partial charge in [0.2, 0.25) is 0 Å². The monoisotopic (exact) mass is 458 g/mol. The van der Waals surface area contributed by atoms with Crippen LogP contribution in [-0.2, 0) is 16.1 Å². The molecule has 1 atom stereocenters. The molecule has 7 nitrogen and oxygen atoms in total. The molecule has 1 aliphatic rings. The second-order valence-corrected chi connectivity index (χ2v) is 8.98. The molecule has 2 heterocycles. The fourth-order valence-corrected chi connectivity index (χ4v) is 4.63. The first-order chi connectivity index (χ1) is 15.5. The lowest BCUT2D eigenvalue weighted by Gasteiger charge is -2.27. The van der Waals surface area contributed by atoms with E-state index in [-0.39, 0.29) is 23.7 Å². The Morgan fingerprint density at radius 2 is 2.00 bits per heavy atom. The number of furan rings is 1. The highest BCUT2D eigenvalue weighted by molar-refractivity contribution is 8.09.